The standard InChI is InChI=1S/C10H11NO5S/c1-16-9(12)6-17(14,15)8-4-2-3-7(5-8)10(11)13/h2-5H,6H2,1H3,(H2,11,13). The second-order valence-corrected chi connectivity index (χ2v) is 5.22. The van der Waals surface area contributed by atoms with Gasteiger partial charge in [0, 0.05) is 5.56 Å². The number of ether oxygens (including phenoxy) is 1. The third-order valence-electron chi connectivity index (χ3n) is 2.01. The molecule has 1 rings (SSSR count). The van der Waals surface area contributed by atoms with Gasteiger partial charge in [0.25, 0.3) is 0 Å². The zero-order chi connectivity index (χ0) is 13.1. The lowest BCUT2D eigenvalue weighted by Crippen LogP contribution is -2.18. The summed E-state index contributed by atoms with van der Waals surface area (Å²) < 4.78 is 27.7. The summed E-state index contributed by atoms with van der Waals surface area (Å²) in [7, 11) is -2.72. The maximum atomic E-state index is 11.7. The number of rotatable bonds is 4. The van der Waals surface area contributed by atoms with E-state index >= 15 is 0 Å². The van der Waals surface area contributed by atoms with Crippen molar-refractivity contribution in [1.82, 2.24) is 0 Å². The summed E-state index contributed by atoms with van der Waals surface area (Å²) in [6, 6.07) is 5.18. The van der Waals surface area contributed by atoms with Gasteiger partial charge in [-0.25, -0.2) is 8.42 Å². The summed E-state index contributed by atoms with van der Waals surface area (Å²) >= 11 is 0. The average Bonchev–Trinajstić information content (AvgIpc) is 2.28. The molecule has 17 heavy (non-hydrogen) atoms. The van der Waals surface area contributed by atoms with Crippen LogP contribution in [-0.4, -0.2) is 33.2 Å². The lowest BCUT2D eigenvalue weighted by Gasteiger charge is -2.04. The first-order valence-corrected chi connectivity index (χ1v) is 6.21. The molecule has 92 valence electrons. The van der Waals surface area contributed by atoms with E-state index in [1.807, 2.05) is 0 Å². The molecule has 0 bridgehead atoms. The molecule has 1 aromatic rings. The van der Waals surface area contributed by atoms with Gasteiger partial charge in [-0.3, -0.25) is 9.59 Å². The van der Waals surface area contributed by atoms with Crippen LogP contribution in [0.1, 0.15) is 10.4 Å². The minimum atomic E-state index is -3.81. The molecule has 1 amide bonds. The molecule has 0 aliphatic rings. The van der Waals surface area contributed by atoms with Crippen LogP contribution >= 0.6 is 0 Å². The van der Waals surface area contributed by atoms with Crippen molar-refractivity contribution >= 4 is 21.7 Å². The number of carbonyl (C=O) groups excluding carboxylic acids is 2. The summed E-state index contributed by atoms with van der Waals surface area (Å²) in [5, 5.41) is 0. The van der Waals surface area contributed by atoms with Gasteiger partial charge < -0.3 is 10.5 Å². The topological polar surface area (TPSA) is 104 Å². The molecule has 2 N–H and O–H groups in total. The van der Waals surface area contributed by atoms with E-state index in [4.69, 9.17) is 5.73 Å². The Hall–Kier alpha value is -1.89. The molecule has 0 aromatic heterocycles. The van der Waals surface area contributed by atoms with E-state index in [1.165, 1.54) is 18.2 Å². The molecule has 0 unspecified atom stereocenters. The number of benzene rings is 1. The largest absolute Gasteiger partial charge is 0.468 e. The molecular weight excluding hydrogens is 246 g/mol. The normalized spacial score (nSPS) is 10.9. The van der Waals surface area contributed by atoms with E-state index in [0.717, 1.165) is 13.2 Å². The Morgan fingerprint density at radius 1 is 1.35 bits per heavy atom. The fourth-order valence-corrected chi connectivity index (χ4v) is 2.33. The van der Waals surface area contributed by atoms with Crippen molar-refractivity contribution in [2.24, 2.45) is 5.73 Å². The van der Waals surface area contributed by atoms with E-state index in [0.29, 0.717) is 0 Å². The number of hydrogen-bond donors (Lipinski definition) is 1. The van der Waals surface area contributed by atoms with Crippen LogP contribution in [0, 0.1) is 0 Å². The molecule has 0 saturated carbocycles. The van der Waals surface area contributed by atoms with E-state index in [1.54, 1.807) is 0 Å². The van der Waals surface area contributed by atoms with Crippen molar-refractivity contribution in [3.8, 4) is 0 Å². The third-order valence-corrected chi connectivity index (χ3v) is 3.60. The molecule has 0 aliphatic carbocycles. The quantitative estimate of drug-likeness (QED) is 0.748. The van der Waals surface area contributed by atoms with Crippen LogP contribution in [0.2, 0.25) is 0 Å². The first kappa shape index (κ1) is 13.2. The second kappa shape index (κ2) is 4.96. The van der Waals surface area contributed by atoms with Crippen LogP contribution in [0.15, 0.2) is 29.2 Å². The molecule has 0 spiro atoms. The molecule has 0 heterocycles. The number of methoxy groups -OCH3 is 1. The van der Waals surface area contributed by atoms with Gasteiger partial charge >= 0.3 is 5.97 Å². The lowest BCUT2D eigenvalue weighted by molar-refractivity contribution is -0.137. The molecule has 0 atom stereocenters. The van der Waals surface area contributed by atoms with Gasteiger partial charge in [0.1, 0.15) is 0 Å². The predicted molar refractivity (Wildman–Crippen MR) is 59.0 cm³/mol. The molecule has 7 heteroatoms. The molecule has 6 nitrogen and oxygen atoms in total. The van der Waals surface area contributed by atoms with Gasteiger partial charge in [0.05, 0.1) is 12.0 Å². The van der Waals surface area contributed by atoms with Crippen LogP contribution in [0.4, 0.5) is 0 Å². The average molecular weight is 257 g/mol. The fourth-order valence-electron chi connectivity index (χ4n) is 1.14. The predicted octanol–water partition coefficient (Wildman–Crippen LogP) is -0.268. The Kier molecular flexibility index (Phi) is 3.84. The Morgan fingerprint density at radius 2 is 2.00 bits per heavy atom. The summed E-state index contributed by atoms with van der Waals surface area (Å²) in [6.07, 6.45) is 0. The number of nitrogens with two attached hydrogens (primary N) is 1. The fraction of sp³-hybridized carbons (Fsp3) is 0.200. The SMILES string of the molecule is COC(=O)CS(=O)(=O)c1cccc(C(N)=O)c1. The highest BCUT2D eigenvalue weighted by Crippen LogP contribution is 2.13. The Bertz CT molecular complexity index is 550. The van der Waals surface area contributed by atoms with Crippen LogP contribution in [0.25, 0.3) is 0 Å². The van der Waals surface area contributed by atoms with Gasteiger partial charge in [-0.05, 0) is 18.2 Å². The highest BCUT2D eigenvalue weighted by atomic mass is 32.2. The summed E-state index contributed by atoms with van der Waals surface area (Å²) in [6.45, 7) is 0. The van der Waals surface area contributed by atoms with Crippen molar-refractivity contribution in [3.63, 3.8) is 0 Å². The zero-order valence-electron chi connectivity index (χ0n) is 9.04. The first-order valence-electron chi connectivity index (χ1n) is 4.56. The van der Waals surface area contributed by atoms with Crippen LogP contribution in [-0.2, 0) is 19.4 Å². The van der Waals surface area contributed by atoms with Crippen LogP contribution in [0.3, 0.4) is 0 Å². The van der Waals surface area contributed by atoms with Gasteiger partial charge in [-0.1, -0.05) is 6.07 Å². The van der Waals surface area contributed by atoms with Crippen LogP contribution < -0.4 is 5.73 Å². The first-order chi connectivity index (χ1) is 7.86. The zero-order valence-corrected chi connectivity index (χ0v) is 9.86. The van der Waals surface area contributed by atoms with Gasteiger partial charge in [-0.15, -0.1) is 0 Å². The number of carbonyl (C=O) groups is 2. The highest BCUT2D eigenvalue weighted by molar-refractivity contribution is 7.92. The van der Waals surface area contributed by atoms with Gasteiger partial charge in [-0.2, -0.15) is 0 Å². The van der Waals surface area contributed by atoms with Crippen molar-refractivity contribution in [2.75, 3.05) is 12.9 Å². The Labute approximate surface area is 98.3 Å². The lowest BCUT2D eigenvalue weighted by atomic mass is 10.2. The Balaban J connectivity index is 3.11. The molecule has 0 saturated heterocycles. The van der Waals surface area contributed by atoms with Gasteiger partial charge in [0.15, 0.2) is 15.6 Å². The number of primary amides is 1. The second-order valence-electron chi connectivity index (χ2n) is 3.23. The van der Waals surface area contributed by atoms with E-state index in [9.17, 15) is 18.0 Å². The van der Waals surface area contributed by atoms with Crippen molar-refractivity contribution in [2.45, 2.75) is 4.90 Å². The number of amides is 1. The van der Waals surface area contributed by atoms with Crippen LogP contribution in [0.5, 0.6) is 0 Å². The van der Waals surface area contributed by atoms with Crippen molar-refractivity contribution in [1.29, 1.82) is 0 Å². The Morgan fingerprint density at radius 3 is 2.53 bits per heavy atom. The smallest absolute Gasteiger partial charge is 0.321 e. The summed E-state index contributed by atoms with van der Waals surface area (Å²) in [4.78, 5) is 21.7. The maximum absolute atomic E-state index is 11.7. The molecule has 0 fully saturated rings. The highest BCUT2D eigenvalue weighted by Gasteiger charge is 2.20. The number of esters is 1. The summed E-state index contributed by atoms with van der Waals surface area (Å²) in [5.74, 6) is -2.37. The third kappa shape index (κ3) is 3.28. The van der Waals surface area contributed by atoms with Gasteiger partial charge in [0.2, 0.25) is 5.91 Å². The molecule has 0 radical (unpaired) electrons. The summed E-state index contributed by atoms with van der Waals surface area (Å²) in [5.41, 5.74) is 5.09. The molecule has 0 aliphatic heterocycles. The number of hydrogen-bond acceptors (Lipinski definition) is 5. The van der Waals surface area contributed by atoms with E-state index < -0.39 is 27.5 Å². The van der Waals surface area contributed by atoms with Crippen molar-refractivity contribution < 1.29 is 22.7 Å². The minimum absolute atomic E-state index is 0.0657. The number of sulfone groups is 1. The molecular formula is C10H11NO5S. The maximum Gasteiger partial charge on any atom is 0.321 e. The van der Waals surface area contributed by atoms with Crippen molar-refractivity contribution in [3.05, 3.63) is 29.8 Å². The minimum Gasteiger partial charge on any atom is -0.468 e. The molecule has 1 aromatic carbocycles. The van der Waals surface area contributed by atoms with E-state index in [2.05, 4.69) is 4.74 Å². The monoisotopic (exact) mass is 257 g/mol. The van der Waals surface area contributed by atoms with E-state index in [-0.39, 0.29) is 10.5 Å².